The molecule has 0 atom stereocenters. The van der Waals surface area contributed by atoms with E-state index in [1.807, 2.05) is 10.8 Å². The summed E-state index contributed by atoms with van der Waals surface area (Å²) in [4.78, 5) is 0. The molecule has 0 N–H and O–H groups in total. The molecule has 9 heteroatoms. The molecule has 0 saturated heterocycles. The van der Waals surface area contributed by atoms with Gasteiger partial charge in [-0.3, -0.25) is 0 Å². The smallest absolute Gasteiger partial charge is 0.221 e. The van der Waals surface area contributed by atoms with Gasteiger partial charge < -0.3 is 23.1 Å². The number of thiophene rings is 2. The molecule has 0 unspecified atom stereocenters. The monoisotopic (exact) mass is 414 g/mol. The fraction of sp³-hybridized carbons (Fsp3) is 0.500. The summed E-state index contributed by atoms with van der Waals surface area (Å²) >= 11 is 3.39. The van der Waals surface area contributed by atoms with Crippen LogP contribution >= 0.6 is 22.7 Å². The van der Waals surface area contributed by atoms with Crippen molar-refractivity contribution in [2.75, 3.05) is 26.4 Å². The fourth-order valence-electron chi connectivity index (χ4n) is 3.29. The Kier molecular flexibility index (Phi) is 4.39. The zero-order valence-electron chi connectivity index (χ0n) is 14.8. The van der Waals surface area contributed by atoms with Crippen molar-refractivity contribution in [3.63, 3.8) is 0 Å². The third-order valence-corrected chi connectivity index (χ3v) is 16.1. The van der Waals surface area contributed by atoms with E-state index in [0.29, 0.717) is 26.4 Å². The maximum absolute atomic E-state index is 6.87. The normalized spacial score (nSPS) is 16.8. The lowest BCUT2D eigenvalue weighted by atomic mass is 10.5. The number of hydrogen-bond acceptors (Lipinski definition) is 7. The summed E-state index contributed by atoms with van der Waals surface area (Å²) in [6.07, 6.45) is 0. The molecule has 4 rings (SSSR count). The molecule has 2 aromatic heterocycles. The Morgan fingerprint density at radius 3 is 1.56 bits per heavy atom. The largest absolute Gasteiger partial charge is 0.485 e. The van der Waals surface area contributed by atoms with E-state index in [1.165, 1.54) is 9.00 Å². The summed E-state index contributed by atoms with van der Waals surface area (Å²) in [6.45, 7) is 11.4. The molecule has 136 valence electrons. The third-order valence-electron chi connectivity index (χ3n) is 4.21. The SMILES string of the molecule is C[Si](C)(O[Si](C)(C)c1scc2c1OCCO2)c1scc2c1OCCO2. The van der Waals surface area contributed by atoms with Crippen LogP contribution in [0.15, 0.2) is 10.8 Å². The van der Waals surface area contributed by atoms with Gasteiger partial charge >= 0.3 is 0 Å². The third kappa shape index (κ3) is 3.12. The Hall–Kier alpha value is -1.01. The summed E-state index contributed by atoms with van der Waals surface area (Å²) in [5.74, 6) is 3.51. The van der Waals surface area contributed by atoms with Crippen LogP contribution in [0.1, 0.15) is 0 Å². The van der Waals surface area contributed by atoms with E-state index >= 15 is 0 Å². The minimum Gasteiger partial charge on any atom is -0.485 e. The first-order chi connectivity index (χ1) is 11.9. The van der Waals surface area contributed by atoms with Gasteiger partial charge in [-0.25, -0.2) is 0 Å². The van der Waals surface area contributed by atoms with Gasteiger partial charge in [0.25, 0.3) is 0 Å². The van der Waals surface area contributed by atoms with Gasteiger partial charge in [0.1, 0.15) is 26.4 Å². The molecule has 2 aromatic rings. The van der Waals surface area contributed by atoms with E-state index in [0.717, 1.165) is 23.0 Å². The van der Waals surface area contributed by atoms with Gasteiger partial charge in [0.2, 0.25) is 16.6 Å². The molecule has 2 aliphatic heterocycles. The molecule has 0 fully saturated rings. The summed E-state index contributed by atoms with van der Waals surface area (Å²) < 4.78 is 32.5. The lowest BCUT2D eigenvalue weighted by Crippen LogP contribution is -2.57. The number of hydrogen-bond donors (Lipinski definition) is 0. The van der Waals surface area contributed by atoms with Crippen molar-refractivity contribution in [3.05, 3.63) is 10.8 Å². The van der Waals surface area contributed by atoms with Gasteiger partial charge in [0.05, 0.1) is 9.00 Å². The van der Waals surface area contributed by atoms with Crippen LogP contribution in [-0.2, 0) is 4.12 Å². The molecule has 2 aliphatic rings. The highest BCUT2D eigenvalue weighted by atomic mass is 32.1. The Bertz CT molecular complexity index is 719. The summed E-state index contributed by atoms with van der Waals surface area (Å²) in [6, 6.07) is 0. The molecule has 4 heterocycles. The molecular formula is C16H22O5S2Si2. The van der Waals surface area contributed by atoms with Crippen molar-refractivity contribution in [3.8, 4) is 23.0 Å². The molecule has 0 aliphatic carbocycles. The first-order valence-electron chi connectivity index (χ1n) is 8.34. The lowest BCUT2D eigenvalue weighted by molar-refractivity contribution is 0.174. The van der Waals surface area contributed by atoms with Gasteiger partial charge in [0, 0.05) is 10.8 Å². The maximum atomic E-state index is 6.87. The zero-order chi connectivity index (χ0) is 17.7. The lowest BCUT2D eigenvalue weighted by Gasteiger charge is -2.34. The summed E-state index contributed by atoms with van der Waals surface area (Å²) in [5.41, 5.74) is 0. The Morgan fingerprint density at radius 1 is 0.720 bits per heavy atom. The summed E-state index contributed by atoms with van der Waals surface area (Å²) in [5, 5.41) is 4.08. The Morgan fingerprint density at radius 2 is 1.12 bits per heavy atom. The van der Waals surface area contributed by atoms with Crippen LogP contribution in [0.4, 0.5) is 0 Å². The Labute approximate surface area is 157 Å². The molecule has 0 bridgehead atoms. The average molecular weight is 415 g/mol. The van der Waals surface area contributed by atoms with Crippen molar-refractivity contribution < 1.29 is 23.1 Å². The van der Waals surface area contributed by atoms with Crippen molar-refractivity contribution in [1.29, 1.82) is 0 Å². The number of rotatable bonds is 4. The van der Waals surface area contributed by atoms with Crippen LogP contribution in [-0.4, -0.2) is 43.1 Å². The van der Waals surface area contributed by atoms with E-state index in [2.05, 4.69) is 26.2 Å². The fourth-order valence-corrected chi connectivity index (χ4v) is 15.3. The van der Waals surface area contributed by atoms with Crippen molar-refractivity contribution >= 4 is 48.3 Å². The van der Waals surface area contributed by atoms with Gasteiger partial charge in [-0.2, -0.15) is 0 Å². The van der Waals surface area contributed by atoms with Crippen LogP contribution in [0.5, 0.6) is 23.0 Å². The van der Waals surface area contributed by atoms with Gasteiger partial charge in [-0.05, 0) is 26.2 Å². The van der Waals surface area contributed by atoms with Gasteiger partial charge in [0.15, 0.2) is 23.0 Å². The van der Waals surface area contributed by atoms with E-state index < -0.39 is 16.6 Å². The van der Waals surface area contributed by atoms with Crippen LogP contribution < -0.4 is 27.9 Å². The predicted octanol–water partition coefficient (Wildman–Crippen LogP) is 2.89. The predicted molar refractivity (Wildman–Crippen MR) is 106 cm³/mol. The van der Waals surface area contributed by atoms with Crippen LogP contribution in [0, 0.1) is 0 Å². The minimum absolute atomic E-state index is 0.603. The van der Waals surface area contributed by atoms with Crippen molar-refractivity contribution in [2.24, 2.45) is 0 Å². The molecule has 25 heavy (non-hydrogen) atoms. The second-order valence-electron chi connectivity index (χ2n) is 7.03. The molecule has 0 amide bonds. The quantitative estimate of drug-likeness (QED) is 0.720. The highest BCUT2D eigenvalue weighted by Crippen LogP contribution is 2.38. The molecule has 0 spiro atoms. The van der Waals surface area contributed by atoms with E-state index in [-0.39, 0.29) is 0 Å². The zero-order valence-corrected chi connectivity index (χ0v) is 18.5. The molecule has 0 aromatic carbocycles. The topological polar surface area (TPSA) is 46.2 Å². The standard InChI is InChI=1S/C16H22O5S2Si2/c1-24(2,15-13-11(9-22-15)17-5-7-19-13)21-25(3,4)16-14-12(10-23-16)18-6-8-20-14/h9-10H,5-8H2,1-4H3. The maximum Gasteiger partial charge on any atom is 0.221 e. The van der Waals surface area contributed by atoms with Crippen LogP contribution in [0.3, 0.4) is 0 Å². The minimum atomic E-state index is -2.16. The van der Waals surface area contributed by atoms with Crippen molar-refractivity contribution in [1.82, 2.24) is 0 Å². The van der Waals surface area contributed by atoms with Crippen molar-refractivity contribution in [2.45, 2.75) is 26.2 Å². The van der Waals surface area contributed by atoms with Crippen LogP contribution in [0.25, 0.3) is 0 Å². The highest BCUT2D eigenvalue weighted by molar-refractivity contribution is 7.28. The molecule has 0 saturated carbocycles. The number of fused-ring (bicyclic) bond motifs is 2. The summed E-state index contributed by atoms with van der Waals surface area (Å²) in [7, 11) is -4.32. The highest BCUT2D eigenvalue weighted by Gasteiger charge is 2.43. The first-order valence-corrected chi connectivity index (χ1v) is 15.9. The number of ether oxygens (including phenoxy) is 4. The second-order valence-corrected chi connectivity index (χ2v) is 17.4. The average Bonchev–Trinajstić information content (AvgIpc) is 3.18. The molecular weight excluding hydrogens is 392 g/mol. The second kappa shape index (κ2) is 6.31. The van der Waals surface area contributed by atoms with Gasteiger partial charge in [-0.1, -0.05) is 0 Å². The Balaban J connectivity index is 1.63. The first kappa shape index (κ1) is 17.4. The van der Waals surface area contributed by atoms with E-state index in [9.17, 15) is 0 Å². The molecule has 5 nitrogen and oxygen atoms in total. The molecule has 0 radical (unpaired) electrons. The van der Waals surface area contributed by atoms with E-state index in [4.69, 9.17) is 23.1 Å². The van der Waals surface area contributed by atoms with Gasteiger partial charge in [-0.15, -0.1) is 22.7 Å². The van der Waals surface area contributed by atoms with E-state index in [1.54, 1.807) is 22.7 Å². The van der Waals surface area contributed by atoms with Crippen LogP contribution in [0.2, 0.25) is 26.2 Å².